The average Bonchev–Trinajstić information content (AvgIpc) is 2.67. The van der Waals surface area contributed by atoms with E-state index in [1.165, 1.54) is 0 Å². The Bertz CT molecular complexity index is 812. The van der Waals surface area contributed by atoms with Crippen LogP contribution in [0.25, 0.3) is 11.1 Å². The van der Waals surface area contributed by atoms with Crippen LogP contribution >= 0.6 is 0 Å². The van der Waals surface area contributed by atoms with Crippen molar-refractivity contribution in [2.24, 2.45) is 0 Å². The molecule has 0 radical (unpaired) electrons. The van der Waals surface area contributed by atoms with Gasteiger partial charge in [0.2, 0.25) is 0 Å². The lowest BCUT2D eigenvalue weighted by Gasteiger charge is -2.38. The fourth-order valence-electron chi connectivity index (χ4n) is 3.48. The number of amides is 1. The summed E-state index contributed by atoms with van der Waals surface area (Å²) >= 11 is 0. The van der Waals surface area contributed by atoms with Gasteiger partial charge in [-0.15, -0.1) is 0 Å². The molecular weight excluding hydrogens is 326 g/mol. The number of likely N-dealkylation sites (tertiary alicyclic amines) is 1. The van der Waals surface area contributed by atoms with E-state index >= 15 is 0 Å². The standard InChI is InChI=1S/C22H25NO3/c1-3-22(26)12-5-13-23(15-22)21(25)18-10-8-17(9-11-18)20-7-4-6-19(14-20)16(2)24/h4,6-11,14,26H,3,5,12-13,15H2,1-2H3/t22-/m1/s1. The number of β-amino-alcohol motifs (C(OH)–C–C–N with tert-alkyl or cyclic N) is 1. The molecule has 2 aromatic rings. The van der Waals surface area contributed by atoms with E-state index in [0.717, 1.165) is 24.0 Å². The first kappa shape index (κ1) is 18.3. The first-order valence-corrected chi connectivity index (χ1v) is 9.15. The summed E-state index contributed by atoms with van der Waals surface area (Å²) in [6.07, 6.45) is 2.23. The van der Waals surface area contributed by atoms with E-state index in [0.29, 0.717) is 30.6 Å². The van der Waals surface area contributed by atoms with Crippen LogP contribution in [0.4, 0.5) is 0 Å². The van der Waals surface area contributed by atoms with Gasteiger partial charge in [0.1, 0.15) is 0 Å². The van der Waals surface area contributed by atoms with E-state index in [2.05, 4.69) is 0 Å². The molecule has 1 heterocycles. The van der Waals surface area contributed by atoms with Gasteiger partial charge in [0, 0.05) is 24.2 Å². The normalized spacial score (nSPS) is 20.0. The number of Topliss-reactive ketones (excluding diaryl/α,β-unsaturated/α-hetero) is 1. The van der Waals surface area contributed by atoms with Gasteiger partial charge >= 0.3 is 0 Å². The van der Waals surface area contributed by atoms with Gasteiger partial charge in [0.15, 0.2) is 5.78 Å². The summed E-state index contributed by atoms with van der Waals surface area (Å²) in [7, 11) is 0. The van der Waals surface area contributed by atoms with Crippen LogP contribution in [-0.2, 0) is 0 Å². The monoisotopic (exact) mass is 351 g/mol. The minimum atomic E-state index is -0.763. The highest BCUT2D eigenvalue weighted by molar-refractivity contribution is 5.96. The first-order chi connectivity index (χ1) is 12.4. The fourth-order valence-corrected chi connectivity index (χ4v) is 3.48. The van der Waals surface area contributed by atoms with Crippen LogP contribution in [0.15, 0.2) is 48.5 Å². The molecule has 3 rings (SSSR count). The van der Waals surface area contributed by atoms with Crippen molar-refractivity contribution in [3.05, 3.63) is 59.7 Å². The zero-order chi connectivity index (χ0) is 18.7. The molecule has 26 heavy (non-hydrogen) atoms. The maximum atomic E-state index is 12.8. The smallest absolute Gasteiger partial charge is 0.253 e. The van der Waals surface area contributed by atoms with Crippen molar-refractivity contribution < 1.29 is 14.7 Å². The summed E-state index contributed by atoms with van der Waals surface area (Å²) in [5, 5.41) is 10.5. The second-order valence-electron chi connectivity index (χ2n) is 7.12. The molecule has 136 valence electrons. The lowest BCUT2D eigenvalue weighted by molar-refractivity contribution is -0.0270. The van der Waals surface area contributed by atoms with Crippen molar-refractivity contribution in [1.29, 1.82) is 0 Å². The topological polar surface area (TPSA) is 57.6 Å². The lowest BCUT2D eigenvalue weighted by atomic mass is 9.90. The summed E-state index contributed by atoms with van der Waals surface area (Å²) in [6, 6.07) is 14.9. The van der Waals surface area contributed by atoms with Gasteiger partial charge in [-0.2, -0.15) is 0 Å². The number of piperidine rings is 1. The Morgan fingerprint density at radius 1 is 1.08 bits per heavy atom. The minimum Gasteiger partial charge on any atom is -0.388 e. The molecule has 0 unspecified atom stereocenters. The van der Waals surface area contributed by atoms with Gasteiger partial charge < -0.3 is 10.0 Å². The molecule has 1 amide bonds. The zero-order valence-corrected chi connectivity index (χ0v) is 15.4. The molecule has 1 atom stereocenters. The van der Waals surface area contributed by atoms with E-state index in [1.807, 2.05) is 49.4 Å². The molecule has 0 saturated carbocycles. The molecule has 1 saturated heterocycles. The fraction of sp³-hybridized carbons (Fsp3) is 0.364. The highest BCUT2D eigenvalue weighted by Crippen LogP contribution is 2.26. The van der Waals surface area contributed by atoms with E-state index in [1.54, 1.807) is 17.9 Å². The minimum absolute atomic E-state index is 0.0344. The number of carbonyl (C=O) groups is 2. The molecule has 0 spiro atoms. The molecule has 1 N–H and O–H groups in total. The third-order valence-electron chi connectivity index (χ3n) is 5.23. The summed E-state index contributed by atoms with van der Waals surface area (Å²) < 4.78 is 0. The SMILES string of the molecule is CC[C@@]1(O)CCCN(C(=O)c2ccc(-c3cccc(C(C)=O)c3)cc2)C1. The second-order valence-corrected chi connectivity index (χ2v) is 7.12. The zero-order valence-electron chi connectivity index (χ0n) is 15.4. The molecular formula is C22H25NO3. The Morgan fingerprint density at radius 2 is 1.81 bits per heavy atom. The number of aliphatic hydroxyl groups is 1. The van der Waals surface area contributed by atoms with Crippen LogP contribution in [0, 0.1) is 0 Å². The van der Waals surface area contributed by atoms with Crippen LogP contribution in [0.1, 0.15) is 53.8 Å². The molecule has 1 aliphatic rings. The van der Waals surface area contributed by atoms with E-state index in [9.17, 15) is 14.7 Å². The van der Waals surface area contributed by atoms with Crippen LogP contribution in [0.5, 0.6) is 0 Å². The average molecular weight is 351 g/mol. The van der Waals surface area contributed by atoms with Crippen molar-refractivity contribution in [2.75, 3.05) is 13.1 Å². The van der Waals surface area contributed by atoms with Crippen molar-refractivity contribution in [3.8, 4) is 11.1 Å². The third kappa shape index (κ3) is 3.86. The number of hydrogen-bond donors (Lipinski definition) is 1. The van der Waals surface area contributed by atoms with Gasteiger partial charge in [-0.05, 0) is 55.5 Å². The highest BCUT2D eigenvalue weighted by Gasteiger charge is 2.33. The third-order valence-corrected chi connectivity index (χ3v) is 5.23. The van der Waals surface area contributed by atoms with Crippen LogP contribution in [0.3, 0.4) is 0 Å². The second kappa shape index (κ2) is 7.42. The van der Waals surface area contributed by atoms with E-state index < -0.39 is 5.60 Å². The van der Waals surface area contributed by atoms with Crippen LogP contribution < -0.4 is 0 Å². The van der Waals surface area contributed by atoms with Crippen LogP contribution in [0.2, 0.25) is 0 Å². The predicted octanol–water partition coefficient (Wildman–Crippen LogP) is 3.93. The van der Waals surface area contributed by atoms with E-state index in [4.69, 9.17) is 0 Å². The quantitative estimate of drug-likeness (QED) is 0.849. The van der Waals surface area contributed by atoms with Crippen molar-refractivity contribution in [2.45, 2.75) is 38.7 Å². The van der Waals surface area contributed by atoms with Gasteiger partial charge in [-0.25, -0.2) is 0 Å². The molecule has 4 heteroatoms. The lowest BCUT2D eigenvalue weighted by Crippen LogP contribution is -2.49. The Morgan fingerprint density at radius 3 is 2.46 bits per heavy atom. The molecule has 2 aromatic carbocycles. The van der Waals surface area contributed by atoms with Gasteiger partial charge in [0.05, 0.1) is 5.60 Å². The molecule has 0 bridgehead atoms. The summed E-state index contributed by atoms with van der Waals surface area (Å²) in [6.45, 7) is 4.59. The Labute approximate surface area is 154 Å². The first-order valence-electron chi connectivity index (χ1n) is 9.15. The van der Waals surface area contributed by atoms with Crippen molar-refractivity contribution in [1.82, 2.24) is 4.90 Å². The van der Waals surface area contributed by atoms with Crippen LogP contribution in [-0.4, -0.2) is 40.4 Å². The molecule has 1 aliphatic heterocycles. The van der Waals surface area contributed by atoms with Gasteiger partial charge in [-0.1, -0.05) is 37.3 Å². The summed E-state index contributed by atoms with van der Waals surface area (Å²) in [4.78, 5) is 26.1. The largest absolute Gasteiger partial charge is 0.388 e. The van der Waals surface area contributed by atoms with Crippen molar-refractivity contribution >= 4 is 11.7 Å². The number of nitrogens with zero attached hydrogens (tertiary/aromatic N) is 1. The summed E-state index contributed by atoms with van der Waals surface area (Å²) in [5.41, 5.74) is 2.45. The maximum Gasteiger partial charge on any atom is 0.253 e. The Balaban J connectivity index is 1.78. The predicted molar refractivity (Wildman–Crippen MR) is 102 cm³/mol. The number of benzene rings is 2. The Hall–Kier alpha value is -2.46. The molecule has 0 aromatic heterocycles. The molecule has 4 nitrogen and oxygen atoms in total. The highest BCUT2D eigenvalue weighted by atomic mass is 16.3. The van der Waals surface area contributed by atoms with E-state index in [-0.39, 0.29) is 11.7 Å². The number of rotatable bonds is 4. The Kier molecular flexibility index (Phi) is 5.23. The van der Waals surface area contributed by atoms with Crippen molar-refractivity contribution in [3.63, 3.8) is 0 Å². The van der Waals surface area contributed by atoms with Gasteiger partial charge in [-0.3, -0.25) is 9.59 Å². The maximum absolute atomic E-state index is 12.8. The number of carbonyl (C=O) groups excluding carboxylic acids is 2. The number of hydrogen-bond acceptors (Lipinski definition) is 3. The molecule has 1 fully saturated rings. The number of ketones is 1. The van der Waals surface area contributed by atoms with Gasteiger partial charge in [0.25, 0.3) is 5.91 Å². The molecule has 0 aliphatic carbocycles. The summed E-state index contributed by atoms with van der Waals surface area (Å²) in [5.74, 6) is -0.00670.